The number of benzene rings is 1. The number of carbonyl (C=O) groups excluding carboxylic acids is 1. The summed E-state index contributed by atoms with van der Waals surface area (Å²) in [6, 6.07) is 12.2. The SMILES string of the molecule is Cc1cc(C)cc(NC(=O)Cn2nc(-c3ccco3)ccc2=O)c1. The number of aryl methyl sites for hydroxylation is 2. The molecule has 0 saturated heterocycles. The summed E-state index contributed by atoms with van der Waals surface area (Å²) in [5.74, 6) is 0.227. The lowest BCUT2D eigenvalue weighted by Gasteiger charge is -2.09. The van der Waals surface area contributed by atoms with Gasteiger partial charge >= 0.3 is 0 Å². The Hall–Kier alpha value is -3.15. The highest BCUT2D eigenvalue weighted by molar-refractivity contribution is 5.90. The zero-order chi connectivity index (χ0) is 17.1. The van der Waals surface area contributed by atoms with Crippen LogP contribution in [0.2, 0.25) is 0 Å². The second-order valence-corrected chi connectivity index (χ2v) is 5.62. The number of aromatic nitrogens is 2. The molecule has 24 heavy (non-hydrogen) atoms. The van der Waals surface area contributed by atoms with Crippen molar-refractivity contribution < 1.29 is 9.21 Å². The van der Waals surface area contributed by atoms with Crippen LogP contribution in [-0.2, 0) is 11.3 Å². The summed E-state index contributed by atoms with van der Waals surface area (Å²) >= 11 is 0. The number of nitrogens with one attached hydrogen (secondary N) is 1. The van der Waals surface area contributed by atoms with Gasteiger partial charge in [-0.15, -0.1) is 0 Å². The molecule has 3 aromatic rings. The lowest BCUT2D eigenvalue weighted by molar-refractivity contribution is -0.117. The molecule has 0 bridgehead atoms. The monoisotopic (exact) mass is 323 g/mol. The molecule has 1 amide bonds. The van der Waals surface area contributed by atoms with Crippen molar-refractivity contribution in [3.8, 4) is 11.5 Å². The highest BCUT2D eigenvalue weighted by Gasteiger charge is 2.10. The molecular formula is C18H17N3O3. The van der Waals surface area contributed by atoms with Crippen molar-refractivity contribution in [2.45, 2.75) is 20.4 Å². The molecule has 0 radical (unpaired) electrons. The van der Waals surface area contributed by atoms with Crippen LogP contribution in [0, 0.1) is 13.8 Å². The molecule has 6 heteroatoms. The third-order valence-corrected chi connectivity index (χ3v) is 3.44. The fourth-order valence-electron chi connectivity index (χ4n) is 2.50. The first-order valence-electron chi connectivity index (χ1n) is 7.51. The molecule has 0 aliphatic carbocycles. The van der Waals surface area contributed by atoms with Gasteiger partial charge in [-0.25, -0.2) is 4.68 Å². The highest BCUT2D eigenvalue weighted by Crippen LogP contribution is 2.15. The van der Waals surface area contributed by atoms with E-state index in [1.165, 1.54) is 12.3 Å². The van der Waals surface area contributed by atoms with E-state index >= 15 is 0 Å². The molecule has 122 valence electrons. The Balaban J connectivity index is 1.79. The first kappa shape index (κ1) is 15.7. The molecule has 6 nitrogen and oxygen atoms in total. The minimum atomic E-state index is -0.346. The Morgan fingerprint density at radius 2 is 1.92 bits per heavy atom. The fraction of sp³-hybridized carbons (Fsp3) is 0.167. The number of furan rings is 1. The van der Waals surface area contributed by atoms with E-state index in [0.717, 1.165) is 15.8 Å². The summed E-state index contributed by atoms with van der Waals surface area (Å²) in [6.45, 7) is 3.75. The van der Waals surface area contributed by atoms with Gasteiger partial charge in [-0.1, -0.05) is 6.07 Å². The largest absolute Gasteiger partial charge is 0.463 e. The predicted molar refractivity (Wildman–Crippen MR) is 90.7 cm³/mol. The van der Waals surface area contributed by atoms with Crippen LogP contribution >= 0.6 is 0 Å². The Morgan fingerprint density at radius 3 is 2.58 bits per heavy atom. The van der Waals surface area contributed by atoms with Gasteiger partial charge in [0.15, 0.2) is 5.76 Å². The molecule has 0 spiro atoms. The zero-order valence-corrected chi connectivity index (χ0v) is 13.4. The van der Waals surface area contributed by atoms with Crippen molar-refractivity contribution in [1.82, 2.24) is 9.78 Å². The van der Waals surface area contributed by atoms with E-state index < -0.39 is 0 Å². The number of rotatable bonds is 4. The minimum Gasteiger partial charge on any atom is -0.463 e. The minimum absolute atomic E-state index is 0.166. The van der Waals surface area contributed by atoms with E-state index in [2.05, 4.69) is 10.4 Å². The molecule has 3 rings (SSSR count). The van der Waals surface area contributed by atoms with Crippen LogP contribution in [0.5, 0.6) is 0 Å². The Labute approximate surface area is 138 Å². The number of carbonyl (C=O) groups is 1. The molecule has 0 unspecified atom stereocenters. The summed E-state index contributed by atoms with van der Waals surface area (Å²) in [5, 5.41) is 6.97. The summed E-state index contributed by atoms with van der Waals surface area (Å²) < 4.78 is 6.38. The lowest BCUT2D eigenvalue weighted by atomic mass is 10.1. The van der Waals surface area contributed by atoms with E-state index in [1.54, 1.807) is 18.2 Å². The quantitative estimate of drug-likeness (QED) is 0.801. The van der Waals surface area contributed by atoms with Crippen LogP contribution in [0.1, 0.15) is 11.1 Å². The van der Waals surface area contributed by atoms with Crippen molar-refractivity contribution >= 4 is 11.6 Å². The van der Waals surface area contributed by atoms with Crippen molar-refractivity contribution in [3.05, 3.63) is 70.2 Å². The normalized spacial score (nSPS) is 10.6. The number of hydrogen-bond acceptors (Lipinski definition) is 4. The van der Waals surface area contributed by atoms with Gasteiger partial charge in [-0.2, -0.15) is 5.10 Å². The number of nitrogens with zero attached hydrogens (tertiary/aromatic N) is 2. The van der Waals surface area contributed by atoms with Crippen LogP contribution in [0.3, 0.4) is 0 Å². The van der Waals surface area contributed by atoms with Crippen molar-refractivity contribution in [2.24, 2.45) is 0 Å². The summed E-state index contributed by atoms with van der Waals surface area (Å²) in [5.41, 5.74) is 2.97. The molecule has 0 saturated carbocycles. The van der Waals surface area contributed by atoms with E-state index in [-0.39, 0.29) is 18.0 Å². The van der Waals surface area contributed by atoms with Crippen molar-refractivity contribution in [3.63, 3.8) is 0 Å². The molecule has 2 heterocycles. The van der Waals surface area contributed by atoms with Crippen LogP contribution in [0.15, 0.2) is 57.9 Å². The first-order valence-corrected chi connectivity index (χ1v) is 7.51. The second-order valence-electron chi connectivity index (χ2n) is 5.62. The van der Waals surface area contributed by atoms with Gasteiger partial charge in [0, 0.05) is 11.8 Å². The Morgan fingerprint density at radius 1 is 1.17 bits per heavy atom. The third kappa shape index (κ3) is 3.60. The lowest BCUT2D eigenvalue weighted by Crippen LogP contribution is -2.29. The molecule has 0 aliphatic rings. The molecule has 1 aromatic carbocycles. The predicted octanol–water partition coefficient (Wildman–Crippen LogP) is 2.76. The summed E-state index contributed by atoms with van der Waals surface area (Å²) in [7, 11) is 0. The van der Waals surface area contributed by atoms with Gasteiger partial charge in [0.2, 0.25) is 5.91 Å². The van der Waals surface area contributed by atoms with Crippen LogP contribution in [0.25, 0.3) is 11.5 Å². The Bertz CT molecular complexity index is 907. The van der Waals surface area contributed by atoms with Crippen molar-refractivity contribution in [2.75, 3.05) is 5.32 Å². The summed E-state index contributed by atoms with van der Waals surface area (Å²) in [6.07, 6.45) is 1.53. The number of hydrogen-bond donors (Lipinski definition) is 1. The first-order chi connectivity index (χ1) is 11.5. The standard InChI is InChI=1S/C18H17N3O3/c1-12-8-13(2)10-14(9-12)19-17(22)11-21-18(23)6-5-15(20-21)16-4-3-7-24-16/h3-10H,11H2,1-2H3,(H,19,22). The molecule has 2 aromatic heterocycles. The average Bonchev–Trinajstić information content (AvgIpc) is 3.02. The fourth-order valence-corrected chi connectivity index (χ4v) is 2.50. The topological polar surface area (TPSA) is 77.1 Å². The second kappa shape index (κ2) is 6.54. The van der Waals surface area contributed by atoms with E-state index in [0.29, 0.717) is 17.1 Å². The highest BCUT2D eigenvalue weighted by atomic mass is 16.3. The van der Waals surface area contributed by atoms with Crippen LogP contribution in [-0.4, -0.2) is 15.7 Å². The third-order valence-electron chi connectivity index (χ3n) is 3.44. The van der Waals surface area contributed by atoms with Gasteiger partial charge in [0.05, 0.1) is 6.26 Å². The number of amides is 1. The van der Waals surface area contributed by atoms with Gasteiger partial charge in [-0.3, -0.25) is 9.59 Å². The molecule has 1 N–H and O–H groups in total. The molecule has 0 aliphatic heterocycles. The maximum atomic E-state index is 12.2. The van der Waals surface area contributed by atoms with Crippen LogP contribution < -0.4 is 10.9 Å². The zero-order valence-electron chi connectivity index (χ0n) is 13.4. The van der Waals surface area contributed by atoms with Crippen molar-refractivity contribution in [1.29, 1.82) is 0 Å². The van der Waals surface area contributed by atoms with E-state index in [9.17, 15) is 9.59 Å². The summed E-state index contributed by atoms with van der Waals surface area (Å²) in [4.78, 5) is 24.1. The maximum absolute atomic E-state index is 12.2. The molecule has 0 atom stereocenters. The molecular weight excluding hydrogens is 306 g/mol. The van der Waals surface area contributed by atoms with E-state index in [1.807, 2.05) is 32.0 Å². The number of anilines is 1. The van der Waals surface area contributed by atoms with Gasteiger partial charge in [0.25, 0.3) is 5.56 Å². The van der Waals surface area contributed by atoms with Gasteiger partial charge in [0.1, 0.15) is 12.2 Å². The van der Waals surface area contributed by atoms with E-state index in [4.69, 9.17) is 4.42 Å². The van der Waals surface area contributed by atoms with Gasteiger partial charge in [-0.05, 0) is 55.3 Å². The smallest absolute Gasteiger partial charge is 0.267 e. The Kier molecular flexibility index (Phi) is 4.29. The van der Waals surface area contributed by atoms with Crippen LogP contribution in [0.4, 0.5) is 5.69 Å². The maximum Gasteiger partial charge on any atom is 0.267 e. The molecule has 0 fully saturated rings. The average molecular weight is 323 g/mol. The van der Waals surface area contributed by atoms with Gasteiger partial charge < -0.3 is 9.73 Å².